The van der Waals surface area contributed by atoms with Crippen LogP contribution in [0.15, 0.2) is 41.3 Å². The van der Waals surface area contributed by atoms with Crippen molar-refractivity contribution in [2.24, 2.45) is 0 Å². The largest absolute Gasteiger partial charge is 0.495 e. The van der Waals surface area contributed by atoms with E-state index in [1.165, 1.54) is 25.3 Å². The van der Waals surface area contributed by atoms with Gasteiger partial charge in [0.1, 0.15) is 10.6 Å². The zero-order valence-electron chi connectivity index (χ0n) is 18.0. The maximum atomic E-state index is 12.7. The molecular formula is C22H27NO6S. The molecule has 0 bridgehead atoms. The summed E-state index contributed by atoms with van der Waals surface area (Å²) in [5.41, 5.74) is 1.73. The SMILES string of the molecule is COc1ccc(C(=O)OCC(=O)c2ccc(C)c(C)c2)cc1S(=O)(=O)NC(C)(C)C. The van der Waals surface area contributed by atoms with Gasteiger partial charge in [0, 0.05) is 11.1 Å². The molecule has 1 N–H and O–H groups in total. The number of sulfonamides is 1. The minimum Gasteiger partial charge on any atom is -0.495 e. The highest BCUT2D eigenvalue weighted by Crippen LogP contribution is 2.26. The monoisotopic (exact) mass is 433 g/mol. The Morgan fingerprint density at radius 1 is 0.967 bits per heavy atom. The summed E-state index contributed by atoms with van der Waals surface area (Å²) in [4.78, 5) is 24.6. The van der Waals surface area contributed by atoms with Crippen LogP contribution in [0.1, 0.15) is 52.6 Å². The van der Waals surface area contributed by atoms with Gasteiger partial charge in [0.15, 0.2) is 12.4 Å². The van der Waals surface area contributed by atoms with E-state index in [4.69, 9.17) is 9.47 Å². The van der Waals surface area contributed by atoms with E-state index in [2.05, 4.69) is 4.72 Å². The first-order chi connectivity index (χ1) is 13.8. The van der Waals surface area contributed by atoms with Crippen molar-refractivity contribution in [2.45, 2.75) is 45.1 Å². The van der Waals surface area contributed by atoms with E-state index < -0.39 is 28.1 Å². The fourth-order valence-corrected chi connectivity index (χ4v) is 4.30. The molecule has 0 amide bonds. The Morgan fingerprint density at radius 3 is 2.17 bits per heavy atom. The van der Waals surface area contributed by atoms with Crippen LogP contribution in [0.2, 0.25) is 0 Å². The first-order valence-electron chi connectivity index (χ1n) is 9.33. The maximum absolute atomic E-state index is 12.7. The van der Waals surface area contributed by atoms with E-state index in [0.29, 0.717) is 5.56 Å². The smallest absolute Gasteiger partial charge is 0.338 e. The molecule has 0 unspecified atom stereocenters. The van der Waals surface area contributed by atoms with Gasteiger partial charge in [0.05, 0.1) is 12.7 Å². The lowest BCUT2D eigenvalue weighted by Gasteiger charge is -2.21. The van der Waals surface area contributed by atoms with Crippen molar-refractivity contribution in [2.75, 3.05) is 13.7 Å². The van der Waals surface area contributed by atoms with Gasteiger partial charge in [-0.3, -0.25) is 4.79 Å². The summed E-state index contributed by atoms with van der Waals surface area (Å²) in [5, 5.41) is 0. The molecule has 2 rings (SSSR count). The molecule has 0 spiro atoms. The van der Waals surface area contributed by atoms with E-state index in [0.717, 1.165) is 11.1 Å². The maximum Gasteiger partial charge on any atom is 0.338 e. The number of esters is 1. The predicted octanol–water partition coefficient (Wildman–Crippen LogP) is 3.43. The summed E-state index contributed by atoms with van der Waals surface area (Å²) in [6.45, 7) is 8.49. The van der Waals surface area contributed by atoms with Gasteiger partial charge in [0.25, 0.3) is 0 Å². The Bertz CT molecular complexity index is 1070. The summed E-state index contributed by atoms with van der Waals surface area (Å²) >= 11 is 0. The van der Waals surface area contributed by atoms with E-state index in [1.54, 1.807) is 32.9 Å². The summed E-state index contributed by atoms with van der Waals surface area (Å²) in [7, 11) is -2.61. The van der Waals surface area contributed by atoms with Crippen LogP contribution < -0.4 is 9.46 Å². The van der Waals surface area contributed by atoms with Gasteiger partial charge in [-0.15, -0.1) is 0 Å². The van der Waals surface area contributed by atoms with Crippen LogP contribution in [0.25, 0.3) is 0 Å². The lowest BCUT2D eigenvalue weighted by Crippen LogP contribution is -2.40. The Morgan fingerprint density at radius 2 is 1.60 bits per heavy atom. The molecule has 0 aliphatic carbocycles. The zero-order chi connectivity index (χ0) is 22.7. The molecule has 30 heavy (non-hydrogen) atoms. The number of hydrogen-bond acceptors (Lipinski definition) is 6. The standard InChI is InChI=1S/C22H27NO6S/c1-14-7-8-16(11-15(14)2)18(24)13-29-21(25)17-9-10-19(28-6)20(12-17)30(26,27)23-22(3,4)5/h7-12,23H,13H2,1-6H3. The number of ketones is 1. The highest BCUT2D eigenvalue weighted by molar-refractivity contribution is 7.89. The molecular weight excluding hydrogens is 406 g/mol. The highest BCUT2D eigenvalue weighted by Gasteiger charge is 2.27. The molecule has 0 saturated heterocycles. The van der Waals surface area contributed by atoms with Crippen LogP contribution in [0, 0.1) is 13.8 Å². The van der Waals surface area contributed by atoms with Crippen LogP contribution in [0.4, 0.5) is 0 Å². The minimum atomic E-state index is -3.95. The van der Waals surface area contributed by atoms with Crippen molar-refractivity contribution >= 4 is 21.8 Å². The molecule has 0 aliphatic rings. The van der Waals surface area contributed by atoms with E-state index in [1.807, 2.05) is 19.9 Å². The van der Waals surface area contributed by atoms with Crippen LogP contribution in [-0.4, -0.2) is 39.4 Å². The number of benzene rings is 2. The van der Waals surface area contributed by atoms with Gasteiger partial charge >= 0.3 is 5.97 Å². The second-order valence-electron chi connectivity index (χ2n) is 8.02. The Balaban J connectivity index is 2.22. The van der Waals surface area contributed by atoms with Crippen LogP contribution in [0.3, 0.4) is 0 Å². The average Bonchev–Trinajstić information content (AvgIpc) is 2.65. The van der Waals surface area contributed by atoms with Gasteiger partial charge in [-0.1, -0.05) is 12.1 Å². The summed E-state index contributed by atoms with van der Waals surface area (Å²) in [6.07, 6.45) is 0. The molecule has 0 heterocycles. The third kappa shape index (κ3) is 5.90. The number of carbonyl (C=O) groups excluding carboxylic acids is 2. The second-order valence-corrected chi connectivity index (χ2v) is 9.67. The van der Waals surface area contributed by atoms with Crippen LogP contribution in [-0.2, 0) is 14.8 Å². The summed E-state index contributed by atoms with van der Waals surface area (Å²) < 4.78 is 38.2. The quantitative estimate of drug-likeness (QED) is 0.531. The number of nitrogens with one attached hydrogen (secondary N) is 1. The molecule has 0 aromatic heterocycles. The molecule has 2 aromatic rings. The van der Waals surface area contributed by atoms with Crippen molar-refractivity contribution in [3.8, 4) is 5.75 Å². The molecule has 0 aliphatic heterocycles. The number of methoxy groups -OCH3 is 1. The Hall–Kier alpha value is -2.71. The lowest BCUT2D eigenvalue weighted by molar-refractivity contribution is 0.0474. The van der Waals surface area contributed by atoms with Gasteiger partial charge in [-0.25, -0.2) is 17.9 Å². The van der Waals surface area contributed by atoms with Crippen molar-refractivity contribution in [3.05, 3.63) is 58.7 Å². The summed E-state index contributed by atoms with van der Waals surface area (Å²) in [6, 6.07) is 9.18. The van der Waals surface area contributed by atoms with E-state index >= 15 is 0 Å². The Labute approximate surface area is 177 Å². The van der Waals surface area contributed by atoms with Crippen molar-refractivity contribution < 1.29 is 27.5 Å². The normalized spacial score (nSPS) is 11.8. The third-order valence-electron chi connectivity index (χ3n) is 4.29. The minimum absolute atomic E-state index is 0.00188. The van der Waals surface area contributed by atoms with Gasteiger partial charge in [0.2, 0.25) is 10.0 Å². The number of rotatable bonds is 7. The first kappa shape index (κ1) is 23.6. The first-order valence-corrected chi connectivity index (χ1v) is 10.8. The zero-order valence-corrected chi connectivity index (χ0v) is 18.8. The molecule has 8 heteroatoms. The van der Waals surface area contributed by atoms with E-state index in [-0.39, 0.29) is 22.0 Å². The van der Waals surface area contributed by atoms with Crippen LogP contribution in [0.5, 0.6) is 5.75 Å². The third-order valence-corrected chi connectivity index (χ3v) is 6.07. The van der Waals surface area contributed by atoms with Gasteiger partial charge in [-0.2, -0.15) is 0 Å². The molecule has 0 fully saturated rings. The lowest BCUT2D eigenvalue weighted by atomic mass is 10.0. The second kappa shape index (κ2) is 8.97. The van der Waals surface area contributed by atoms with E-state index in [9.17, 15) is 18.0 Å². The molecule has 7 nitrogen and oxygen atoms in total. The number of hydrogen-bond donors (Lipinski definition) is 1. The van der Waals surface area contributed by atoms with Gasteiger partial charge < -0.3 is 9.47 Å². The van der Waals surface area contributed by atoms with Crippen molar-refractivity contribution in [1.82, 2.24) is 4.72 Å². The van der Waals surface area contributed by atoms with Gasteiger partial charge in [-0.05, 0) is 70.0 Å². The molecule has 2 aromatic carbocycles. The summed E-state index contributed by atoms with van der Waals surface area (Å²) in [5.74, 6) is -1.06. The number of ether oxygens (including phenoxy) is 2. The number of Topliss-reactive ketones (excluding diaryl/α,β-unsaturated/α-hetero) is 1. The molecule has 162 valence electrons. The van der Waals surface area contributed by atoms with Crippen molar-refractivity contribution in [3.63, 3.8) is 0 Å². The fraction of sp³-hybridized carbons (Fsp3) is 0.364. The van der Waals surface area contributed by atoms with Crippen molar-refractivity contribution in [1.29, 1.82) is 0 Å². The topological polar surface area (TPSA) is 98.8 Å². The molecule has 0 atom stereocenters. The number of aryl methyl sites for hydroxylation is 2. The predicted molar refractivity (Wildman–Crippen MR) is 114 cm³/mol. The fourth-order valence-electron chi connectivity index (χ4n) is 2.68. The molecule has 0 saturated carbocycles. The number of carbonyl (C=O) groups is 2. The average molecular weight is 434 g/mol. The van der Waals surface area contributed by atoms with Crippen LogP contribution >= 0.6 is 0 Å². The highest BCUT2D eigenvalue weighted by atomic mass is 32.2. The molecule has 0 radical (unpaired) electrons. The Kier molecular flexibility index (Phi) is 7.05.